The summed E-state index contributed by atoms with van der Waals surface area (Å²) in [7, 11) is 1.93. The van der Waals surface area contributed by atoms with Gasteiger partial charge in [-0.15, -0.1) is 0 Å². The molecular formula is C21H29N5O2. The minimum absolute atomic E-state index is 0.112. The Labute approximate surface area is 166 Å². The van der Waals surface area contributed by atoms with E-state index in [9.17, 15) is 9.59 Å². The van der Waals surface area contributed by atoms with E-state index in [1.54, 1.807) is 24.5 Å². The van der Waals surface area contributed by atoms with E-state index in [-0.39, 0.29) is 11.8 Å². The van der Waals surface area contributed by atoms with Crippen LogP contribution in [0.5, 0.6) is 0 Å². The number of likely N-dealkylation sites (tertiary alicyclic amines) is 1. The highest BCUT2D eigenvalue weighted by atomic mass is 16.2. The second-order valence-electron chi connectivity index (χ2n) is 7.57. The van der Waals surface area contributed by atoms with Crippen LogP contribution >= 0.6 is 0 Å². The fourth-order valence-corrected chi connectivity index (χ4v) is 3.86. The van der Waals surface area contributed by atoms with Crippen LogP contribution in [0, 0.1) is 19.8 Å². The number of aromatic nitrogens is 3. The quantitative estimate of drug-likeness (QED) is 0.828. The number of hydrogen-bond acceptors (Lipinski definition) is 4. The molecule has 28 heavy (non-hydrogen) atoms. The summed E-state index contributed by atoms with van der Waals surface area (Å²) in [6.45, 7) is 6.13. The molecule has 0 bridgehead atoms. The Kier molecular flexibility index (Phi) is 6.44. The Hall–Kier alpha value is -2.70. The van der Waals surface area contributed by atoms with Crippen LogP contribution < -0.4 is 5.32 Å². The van der Waals surface area contributed by atoms with E-state index in [1.807, 2.05) is 30.5 Å². The van der Waals surface area contributed by atoms with Crippen molar-refractivity contribution < 1.29 is 9.59 Å². The van der Waals surface area contributed by atoms with Crippen molar-refractivity contribution in [3.05, 3.63) is 47.0 Å². The van der Waals surface area contributed by atoms with Gasteiger partial charge in [0.05, 0.1) is 11.3 Å². The van der Waals surface area contributed by atoms with Gasteiger partial charge >= 0.3 is 0 Å². The van der Waals surface area contributed by atoms with Gasteiger partial charge in [-0.3, -0.25) is 19.3 Å². The lowest BCUT2D eigenvalue weighted by Gasteiger charge is -2.33. The Bertz CT molecular complexity index is 831. The number of carbonyl (C=O) groups excluding carboxylic acids is 2. The number of nitrogens with zero attached hydrogens (tertiary/aromatic N) is 4. The molecule has 1 aliphatic heterocycles. The van der Waals surface area contributed by atoms with Crippen LogP contribution in [-0.4, -0.2) is 51.1 Å². The van der Waals surface area contributed by atoms with Crippen LogP contribution in [0.1, 0.15) is 46.6 Å². The number of carbonyl (C=O) groups is 2. The zero-order chi connectivity index (χ0) is 20.1. The highest BCUT2D eigenvalue weighted by Gasteiger charge is 2.24. The Morgan fingerprint density at radius 3 is 2.82 bits per heavy atom. The van der Waals surface area contributed by atoms with Crippen molar-refractivity contribution in [2.24, 2.45) is 13.0 Å². The first-order chi connectivity index (χ1) is 13.5. The second kappa shape index (κ2) is 8.99. The standard InChI is InChI=1S/C21H29N5O2/c1-15-19(16(2)25(3)24-15)8-9-20(27)26-11-5-6-17(14-26)12-23-21(28)18-7-4-10-22-13-18/h4,7,10,13,17H,5-6,8-9,11-12,14H2,1-3H3,(H,23,28)/t17-/m0/s1. The van der Waals surface area contributed by atoms with Crippen molar-refractivity contribution in [1.29, 1.82) is 0 Å². The summed E-state index contributed by atoms with van der Waals surface area (Å²) in [5.74, 6) is 0.366. The fourth-order valence-electron chi connectivity index (χ4n) is 3.86. The number of rotatable bonds is 6. The topological polar surface area (TPSA) is 80.1 Å². The van der Waals surface area contributed by atoms with E-state index in [1.165, 1.54) is 5.56 Å². The number of hydrogen-bond donors (Lipinski definition) is 1. The van der Waals surface area contributed by atoms with Gasteiger partial charge in [0.2, 0.25) is 5.91 Å². The van der Waals surface area contributed by atoms with Crippen molar-refractivity contribution >= 4 is 11.8 Å². The zero-order valence-corrected chi connectivity index (χ0v) is 16.9. The van der Waals surface area contributed by atoms with Crippen LogP contribution in [0.15, 0.2) is 24.5 Å². The van der Waals surface area contributed by atoms with Gasteiger partial charge in [-0.1, -0.05) is 0 Å². The summed E-state index contributed by atoms with van der Waals surface area (Å²) in [6, 6.07) is 3.50. The van der Waals surface area contributed by atoms with Gasteiger partial charge in [0.25, 0.3) is 5.91 Å². The van der Waals surface area contributed by atoms with Gasteiger partial charge in [0.1, 0.15) is 0 Å². The normalized spacial score (nSPS) is 16.8. The molecule has 150 valence electrons. The molecule has 1 aliphatic rings. The van der Waals surface area contributed by atoms with Crippen LogP contribution in [0.25, 0.3) is 0 Å². The lowest BCUT2D eigenvalue weighted by Crippen LogP contribution is -2.43. The van der Waals surface area contributed by atoms with Gasteiger partial charge < -0.3 is 10.2 Å². The maximum absolute atomic E-state index is 12.7. The van der Waals surface area contributed by atoms with E-state index >= 15 is 0 Å². The maximum Gasteiger partial charge on any atom is 0.252 e. The summed E-state index contributed by atoms with van der Waals surface area (Å²) in [5.41, 5.74) is 3.86. The Morgan fingerprint density at radius 2 is 2.14 bits per heavy atom. The molecule has 0 aromatic carbocycles. The largest absolute Gasteiger partial charge is 0.352 e. The molecule has 1 N–H and O–H groups in total. The van der Waals surface area contributed by atoms with Gasteiger partial charge in [0, 0.05) is 51.2 Å². The molecule has 0 saturated carbocycles. The maximum atomic E-state index is 12.7. The highest BCUT2D eigenvalue weighted by Crippen LogP contribution is 2.19. The summed E-state index contributed by atoms with van der Waals surface area (Å²) >= 11 is 0. The van der Waals surface area contributed by atoms with Gasteiger partial charge in [-0.25, -0.2) is 0 Å². The van der Waals surface area contributed by atoms with Crippen LogP contribution in [0.3, 0.4) is 0 Å². The summed E-state index contributed by atoms with van der Waals surface area (Å²) in [6.07, 6.45) is 6.44. The highest BCUT2D eigenvalue weighted by molar-refractivity contribution is 5.93. The van der Waals surface area contributed by atoms with Crippen LogP contribution in [0.2, 0.25) is 0 Å². The molecular weight excluding hydrogens is 354 g/mol. The van der Waals surface area contributed by atoms with Crippen molar-refractivity contribution in [2.45, 2.75) is 39.5 Å². The summed E-state index contributed by atoms with van der Waals surface area (Å²) < 4.78 is 1.87. The molecule has 7 nitrogen and oxygen atoms in total. The lowest BCUT2D eigenvalue weighted by atomic mass is 9.97. The smallest absolute Gasteiger partial charge is 0.252 e. The van der Waals surface area contributed by atoms with Crippen molar-refractivity contribution in [3.63, 3.8) is 0 Å². The monoisotopic (exact) mass is 383 g/mol. The molecule has 1 fully saturated rings. The zero-order valence-electron chi connectivity index (χ0n) is 16.9. The molecule has 3 rings (SSSR count). The third kappa shape index (κ3) is 4.77. The first kappa shape index (κ1) is 20.0. The lowest BCUT2D eigenvalue weighted by molar-refractivity contribution is -0.132. The Balaban J connectivity index is 1.48. The predicted octanol–water partition coefficient (Wildman–Crippen LogP) is 2.03. The summed E-state index contributed by atoms with van der Waals surface area (Å²) in [5, 5.41) is 7.40. The molecule has 0 radical (unpaired) electrons. The van der Waals surface area contributed by atoms with Gasteiger partial charge in [-0.2, -0.15) is 5.10 Å². The SMILES string of the molecule is Cc1nn(C)c(C)c1CCC(=O)N1CCC[C@@H](CNC(=O)c2cccnc2)C1. The molecule has 7 heteroatoms. The number of nitrogens with one attached hydrogen (secondary N) is 1. The van der Waals surface area contributed by atoms with E-state index in [0.717, 1.165) is 37.2 Å². The third-order valence-electron chi connectivity index (χ3n) is 5.59. The number of pyridine rings is 1. The molecule has 2 aromatic heterocycles. The van der Waals surface area contributed by atoms with Crippen molar-refractivity contribution in [2.75, 3.05) is 19.6 Å². The van der Waals surface area contributed by atoms with E-state index in [0.29, 0.717) is 31.0 Å². The van der Waals surface area contributed by atoms with Gasteiger partial charge in [-0.05, 0) is 56.7 Å². The van der Waals surface area contributed by atoms with Crippen LogP contribution in [-0.2, 0) is 18.3 Å². The number of aryl methyl sites for hydroxylation is 2. The van der Waals surface area contributed by atoms with Crippen molar-refractivity contribution in [1.82, 2.24) is 25.0 Å². The Morgan fingerprint density at radius 1 is 1.32 bits per heavy atom. The minimum Gasteiger partial charge on any atom is -0.352 e. The average molecular weight is 383 g/mol. The molecule has 0 aliphatic carbocycles. The summed E-state index contributed by atoms with van der Waals surface area (Å²) in [4.78, 5) is 30.8. The van der Waals surface area contributed by atoms with E-state index < -0.39 is 0 Å². The van der Waals surface area contributed by atoms with E-state index in [2.05, 4.69) is 15.4 Å². The molecule has 0 unspecified atom stereocenters. The number of piperidine rings is 1. The number of amides is 2. The molecule has 1 atom stereocenters. The molecule has 2 aromatic rings. The molecule has 0 spiro atoms. The van der Waals surface area contributed by atoms with E-state index in [4.69, 9.17) is 0 Å². The molecule has 1 saturated heterocycles. The second-order valence-corrected chi connectivity index (χ2v) is 7.57. The first-order valence-electron chi connectivity index (χ1n) is 9.90. The predicted molar refractivity (Wildman–Crippen MR) is 107 cm³/mol. The molecule has 2 amide bonds. The average Bonchev–Trinajstić information content (AvgIpc) is 2.96. The minimum atomic E-state index is -0.112. The molecule has 3 heterocycles. The van der Waals surface area contributed by atoms with Crippen molar-refractivity contribution in [3.8, 4) is 0 Å². The fraction of sp³-hybridized carbons (Fsp3) is 0.524. The van der Waals surface area contributed by atoms with Gasteiger partial charge in [0.15, 0.2) is 0 Å². The first-order valence-corrected chi connectivity index (χ1v) is 9.90. The van der Waals surface area contributed by atoms with Crippen LogP contribution in [0.4, 0.5) is 0 Å². The third-order valence-corrected chi connectivity index (χ3v) is 5.59.